The van der Waals surface area contributed by atoms with Crippen molar-refractivity contribution in [1.82, 2.24) is 24.7 Å². The first-order valence-electron chi connectivity index (χ1n) is 8.50. The number of hydrogen-bond acceptors (Lipinski definition) is 6. The molecule has 0 spiro atoms. The average Bonchev–Trinajstić information content (AvgIpc) is 3.19. The van der Waals surface area contributed by atoms with Gasteiger partial charge < -0.3 is 5.11 Å². The molecule has 0 radical (unpaired) electrons. The second-order valence-corrected chi connectivity index (χ2v) is 7.99. The number of aliphatic hydroxyl groups is 1. The molecule has 9 heteroatoms. The Morgan fingerprint density at radius 2 is 2.11 bits per heavy atom. The quantitative estimate of drug-likeness (QED) is 0.582. The molecule has 0 amide bonds. The van der Waals surface area contributed by atoms with E-state index >= 15 is 0 Å². The van der Waals surface area contributed by atoms with E-state index in [0.717, 1.165) is 16.6 Å². The van der Waals surface area contributed by atoms with Gasteiger partial charge in [-0.25, -0.2) is 23.7 Å². The first kappa shape index (κ1) is 16.6. The summed E-state index contributed by atoms with van der Waals surface area (Å²) < 4.78 is 27.2. The number of halogens is 2. The fourth-order valence-corrected chi connectivity index (χ4v) is 4.56. The predicted octanol–water partition coefficient (Wildman–Crippen LogP) is 3.50. The molecule has 4 aromatic heterocycles. The lowest BCUT2D eigenvalue weighted by molar-refractivity contribution is -0.126. The van der Waals surface area contributed by atoms with Gasteiger partial charge in [0.25, 0.3) is 0 Å². The van der Waals surface area contributed by atoms with Crippen LogP contribution in [0.5, 0.6) is 0 Å². The molecule has 1 N–H and O–H groups in total. The van der Waals surface area contributed by atoms with E-state index < -0.39 is 17.9 Å². The van der Waals surface area contributed by atoms with E-state index in [-0.39, 0.29) is 12.8 Å². The summed E-state index contributed by atoms with van der Waals surface area (Å²) in [6.07, 6.45) is 1.29. The van der Waals surface area contributed by atoms with Crippen molar-refractivity contribution in [2.75, 3.05) is 0 Å². The van der Waals surface area contributed by atoms with Gasteiger partial charge in [0.2, 0.25) is 6.43 Å². The van der Waals surface area contributed by atoms with Crippen molar-refractivity contribution < 1.29 is 13.9 Å². The van der Waals surface area contributed by atoms with Crippen LogP contribution in [-0.2, 0) is 12.6 Å². The Morgan fingerprint density at radius 3 is 2.89 bits per heavy atom. The molecule has 5 rings (SSSR count). The van der Waals surface area contributed by atoms with E-state index in [0.29, 0.717) is 21.0 Å². The first-order chi connectivity index (χ1) is 12.9. The molecule has 1 saturated carbocycles. The maximum atomic E-state index is 12.7. The van der Waals surface area contributed by atoms with Crippen LogP contribution in [0.1, 0.15) is 17.8 Å². The molecule has 0 aromatic carbocycles. The Bertz CT molecular complexity index is 1170. The van der Waals surface area contributed by atoms with Crippen LogP contribution in [-0.4, -0.2) is 36.3 Å². The van der Waals surface area contributed by atoms with E-state index in [1.165, 1.54) is 11.3 Å². The van der Waals surface area contributed by atoms with Gasteiger partial charge in [-0.15, -0.1) is 0 Å². The van der Waals surface area contributed by atoms with Crippen molar-refractivity contribution in [3.05, 3.63) is 35.6 Å². The maximum Gasteiger partial charge on any atom is 0.241 e. The molecule has 0 saturated heterocycles. The number of alkyl halides is 2. The topological polar surface area (TPSA) is 76.7 Å². The highest BCUT2D eigenvalue weighted by molar-refractivity contribution is 7.18. The summed E-state index contributed by atoms with van der Waals surface area (Å²) in [6.45, 7) is 0. The van der Waals surface area contributed by atoms with E-state index in [1.807, 2.05) is 31.4 Å². The molecular weight excluding hydrogens is 372 g/mol. The largest absolute Gasteiger partial charge is 0.383 e. The summed E-state index contributed by atoms with van der Waals surface area (Å²) in [5, 5.41) is 16.2. The number of fused-ring (bicyclic) bond motifs is 2. The SMILES string of the molecule is Cn1cc2cc(-c3ccc4nc(C5(O)CC(C(F)F)C5)sc4n3)cnc2n1. The molecule has 6 nitrogen and oxygen atoms in total. The molecule has 4 heterocycles. The number of aryl methyl sites for hydroxylation is 1. The monoisotopic (exact) mass is 387 g/mol. The normalized spacial score (nSPS) is 22.6. The van der Waals surface area contributed by atoms with Gasteiger partial charge in [0.15, 0.2) is 5.65 Å². The molecule has 0 aliphatic heterocycles. The second kappa shape index (κ2) is 5.74. The van der Waals surface area contributed by atoms with Crippen molar-refractivity contribution in [2.45, 2.75) is 24.9 Å². The zero-order valence-corrected chi connectivity index (χ0v) is 15.1. The van der Waals surface area contributed by atoms with E-state index in [2.05, 4.69) is 20.1 Å². The second-order valence-electron chi connectivity index (χ2n) is 7.01. The molecule has 0 bridgehead atoms. The Balaban J connectivity index is 1.50. The van der Waals surface area contributed by atoms with Crippen molar-refractivity contribution in [3.8, 4) is 11.3 Å². The van der Waals surface area contributed by atoms with Gasteiger partial charge in [0.05, 0.1) is 5.69 Å². The fraction of sp³-hybridized carbons (Fsp3) is 0.333. The Kier molecular flexibility index (Phi) is 3.54. The molecule has 1 aliphatic rings. The van der Waals surface area contributed by atoms with Crippen LogP contribution in [0.25, 0.3) is 32.6 Å². The number of rotatable bonds is 3. The molecule has 27 heavy (non-hydrogen) atoms. The van der Waals surface area contributed by atoms with Gasteiger partial charge in [-0.2, -0.15) is 5.10 Å². The van der Waals surface area contributed by atoms with E-state index in [9.17, 15) is 13.9 Å². The molecule has 4 aromatic rings. The lowest BCUT2D eigenvalue weighted by Gasteiger charge is -2.41. The highest BCUT2D eigenvalue weighted by atomic mass is 32.1. The van der Waals surface area contributed by atoms with Crippen LogP contribution in [0.2, 0.25) is 0 Å². The third-order valence-electron chi connectivity index (χ3n) is 4.98. The van der Waals surface area contributed by atoms with Crippen LogP contribution in [0, 0.1) is 5.92 Å². The lowest BCUT2D eigenvalue weighted by Crippen LogP contribution is -2.43. The maximum absolute atomic E-state index is 12.7. The summed E-state index contributed by atoms with van der Waals surface area (Å²) in [6, 6.07) is 5.65. The minimum absolute atomic E-state index is 0.0406. The summed E-state index contributed by atoms with van der Waals surface area (Å²) in [5.41, 5.74) is 1.66. The van der Waals surface area contributed by atoms with Crippen LogP contribution in [0.15, 0.2) is 30.6 Å². The smallest absolute Gasteiger partial charge is 0.241 e. The van der Waals surface area contributed by atoms with E-state index in [1.54, 1.807) is 10.9 Å². The lowest BCUT2D eigenvalue weighted by atomic mass is 9.71. The molecular formula is C18H15F2N5OS. The number of hydrogen-bond donors (Lipinski definition) is 1. The molecule has 1 fully saturated rings. The zero-order chi connectivity index (χ0) is 18.8. The third-order valence-corrected chi connectivity index (χ3v) is 6.14. The summed E-state index contributed by atoms with van der Waals surface area (Å²) in [5.74, 6) is -0.761. The summed E-state index contributed by atoms with van der Waals surface area (Å²) >= 11 is 1.26. The van der Waals surface area contributed by atoms with Gasteiger partial charge in [0.1, 0.15) is 21.0 Å². The van der Waals surface area contributed by atoms with Crippen molar-refractivity contribution in [3.63, 3.8) is 0 Å². The average molecular weight is 387 g/mol. The standard InChI is InChI=1S/C18H15F2N5OS/c1-25-8-10-4-9(7-21-15(10)24-25)12-2-3-13-16(22-12)27-17(23-13)18(26)5-11(6-18)14(19)20/h2-4,7-8,11,14,26H,5-6H2,1H3. The minimum Gasteiger partial charge on any atom is -0.383 e. The summed E-state index contributed by atoms with van der Waals surface area (Å²) in [7, 11) is 1.84. The first-order valence-corrected chi connectivity index (χ1v) is 9.31. The highest BCUT2D eigenvalue weighted by Gasteiger charge is 2.49. The summed E-state index contributed by atoms with van der Waals surface area (Å²) in [4.78, 5) is 14.1. The number of thiazole rings is 1. The Hall–Kier alpha value is -2.52. The van der Waals surface area contributed by atoms with Crippen LogP contribution < -0.4 is 0 Å². The van der Waals surface area contributed by atoms with Crippen molar-refractivity contribution >= 4 is 32.7 Å². The molecule has 138 valence electrons. The Morgan fingerprint density at radius 1 is 1.30 bits per heavy atom. The van der Waals surface area contributed by atoms with Gasteiger partial charge in [-0.3, -0.25) is 4.68 Å². The van der Waals surface area contributed by atoms with E-state index in [4.69, 9.17) is 0 Å². The third kappa shape index (κ3) is 2.69. The van der Waals surface area contributed by atoms with Gasteiger partial charge in [-0.05, 0) is 31.0 Å². The van der Waals surface area contributed by atoms with Gasteiger partial charge in [0, 0.05) is 36.3 Å². The van der Waals surface area contributed by atoms with Crippen molar-refractivity contribution in [2.24, 2.45) is 13.0 Å². The fourth-order valence-electron chi connectivity index (χ4n) is 3.51. The van der Waals surface area contributed by atoms with Crippen molar-refractivity contribution in [1.29, 1.82) is 0 Å². The number of aromatic nitrogens is 5. The zero-order valence-electron chi connectivity index (χ0n) is 14.3. The number of nitrogens with zero attached hydrogens (tertiary/aromatic N) is 5. The minimum atomic E-state index is -2.40. The van der Waals surface area contributed by atoms with Gasteiger partial charge in [-0.1, -0.05) is 11.3 Å². The predicted molar refractivity (Wildman–Crippen MR) is 97.5 cm³/mol. The van der Waals surface area contributed by atoms with Crippen LogP contribution in [0.4, 0.5) is 8.78 Å². The van der Waals surface area contributed by atoms with Crippen LogP contribution in [0.3, 0.4) is 0 Å². The highest BCUT2D eigenvalue weighted by Crippen LogP contribution is 2.49. The van der Waals surface area contributed by atoms with Crippen LogP contribution >= 0.6 is 11.3 Å². The van der Waals surface area contributed by atoms with Gasteiger partial charge >= 0.3 is 0 Å². The molecule has 1 aliphatic carbocycles. The number of pyridine rings is 2. The molecule has 0 atom stereocenters. The molecule has 0 unspecified atom stereocenters. The Labute approximate surface area is 156 Å².